The molecule has 0 radical (unpaired) electrons. The number of aryl methyl sites for hydroxylation is 1. The van der Waals surface area contributed by atoms with Crippen LogP contribution >= 0.6 is 0 Å². The summed E-state index contributed by atoms with van der Waals surface area (Å²) in [6.45, 7) is 6.37. The number of rotatable bonds is 0. The van der Waals surface area contributed by atoms with Crippen molar-refractivity contribution in [3.63, 3.8) is 0 Å². The van der Waals surface area contributed by atoms with Crippen LogP contribution in [-0.4, -0.2) is 0 Å². The summed E-state index contributed by atoms with van der Waals surface area (Å²) >= 11 is 0. The highest BCUT2D eigenvalue weighted by Crippen LogP contribution is 2.07. The molecule has 0 fully saturated rings. The predicted molar refractivity (Wildman–Crippen MR) is 72.4 cm³/mol. The molecular formula is C16H20. The Labute approximate surface area is 99.0 Å². The highest BCUT2D eigenvalue weighted by molar-refractivity contribution is 5.26. The Hall–Kier alpha value is -1.56. The van der Waals surface area contributed by atoms with E-state index in [1.807, 2.05) is 18.2 Å². The normalized spacial score (nSPS) is 18.2. The van der Waals surface area contributed by atoms with E-state index in [4.69, 9.17) is 0 Å². The molecule has 0 spiro atoms. The van der Waals surface area contributed by atoms with Crippen molar-refractivity contribution in [2.24, 2.45) is 5.92 Å². The van der Waals surface area contributed by atoms with Crippen molar-refractivity contribution in [2.45, 2.75) is 20.8 Å². The molecule has 0 aromatic heterocycles. The zero-order valence-electron chi connectivity index (χ0n) is 10.4. The van der Waals surface area contributed by atoms with Gasteiger partial charge in [-0.25, -0.2) is 0 Å². The Morgan fingerprint density at radius 3 is 2.19 bits per heavy atom. The highest BCUT2D eigenvalue weighted by atomic mass is 14.0. The molecule has 16 heavy (non-hydrogen) atoms. The number of hydrogen-bond donors (Lipinski definition) is 0. The molecule has 0 bridgehead atoms. The average molecular weight is 212 g/mol. The number of benzene rings is 1. The van der Waals surface area contributed by atoms with Crippen LogP contribution in [0.2, 0.25) is 0 Å². The molecule has 0 saturated carbocycles. The van der Waals surface area contributed by atoms with Gasteiger partial charge in [-0.2, -0.15) is 0 Å². The molecule has 0 N–H and O–H groups in total. The molecule has 1 atom stereocenters. The molecule has 0 heteroatoms. The van der Waals surface area contributed by atoms with E-state index in [1.54, 1.807) is 0 Å². The third-order valence-corrected chi connectivity index (χ3v) is 2.38. The second kappa shape index (κ2) is 6.84. The van der Waals surface area contributed by atoms with Gasteiger partial charge in [0, 0.05) is 0 Å². The van der Waals surface area contributed by atoms with Crippen LogP contribution in [0, 0.1) is 12.8 Å². The summed E-state index contributed by atoms with van der Waals surface area (Å²) < 4.78 is 0. The molecule has 0 nitrogen and oxygen atoms in total. The summed E-state index contributed by atoms with van der Waals surface area (Å²) in [5, 5.41) is 0. The van der Waals surface area contributed by atoms with E-state index in [0.717, 1.165) is 0 Å². The van der Waals surface area contributed by atoms with Crippen molar-refractivity contribution in [2.75, 3.05) is 0 Å². The van der Waals surface area contributed by atoms with Crippen LogP contribution in [-0.2, 0) is 0 Å². The van der Waals surface area contributed by atoms with Gasteiger partial charge in [-0.05, 0) is 19.8 Å². The van der Waals surface area contributed by atoms with Gasteiger partial charge >= 0.3 is 0 Å². The lowest BCUT2D eigenvalue weighted by Crippen LogP contribution is -1.78. The van der Waals surface area contributed by atoms with Crippen LogP contribution in [0.15, 0.2) is 66.3 Å². The highest BCUT2D eigenvalue weighted by Gasteiger charge is 1.91. The van der Waals surface area contributed by atoms with Crippen LogP contribution in [0.1, 0.15) is 19.4 Å². The lowest BCUT2D eigenvalue weighted by atomic mass is 10.1. The van der Waals surface area contributed by atoms with Gasteiger partial charge in [-0.15, -0.1) is 0 Å². The maximum Gasteiger partial charge on any atom is -0.00755 e. The number of hydrogen-bond acceptors (Lipinski definition) is 0. The molecule has 1 aliphatic carbocycles. The smallest absolute Gasteiger partial charge is 0.00755 e. The van der Waals surface area contributed by atoms with E-state index in [0.29, 0.717) is 5.92 Å². The summed E-state index contributed by atoms with van der Waals surface area (Å²) in [4.78, 5) is 0. The first-order chi connectivity index (χ1) is 7.68. The monoisotopic (exact) mass is 212 g/mol. The Morgan fingerprint density at radius 1 is 0.938 bits per heavy atom. The van der Waals surface area contributed by atoms with Gasteiger partial charge < -0.3 is 0 Å². The van der Waals surface area contributed by atoms with Crippen LogP contribution in [0.5, 0.6) is 0 Å². The van der Waals surface area contributed by atoms with Crippen molar-refractivity contribution in [1.82, 2.24) is 0 Å². The Balaban J connectivity index is 0.000000165. The molecule has 2 rings (SSSR count). The summed E-state index contributed by atoms with van der Waals surface area (Å²) in [7, 11) is 0. The first-order valence-electron chi connectivity index (χ1n) is 5.73. The quantitative estimate of drug-likeness (QED) is 0.585. The molecule has 1 unspecified atom stereocenters. The van der Waals surface area contributed by atoms with E-state index >= 15 is 0 Å². The van der Waals surface area contributed by atoms with Gasteiger partial charge in [0.05, 0.1) is 0 Å². The molecule has 0 amide bonds. The van der Waals surface area contributed by atoms with Gasteiger partial charge in [0.15, 0.2) is 0 Å². The largest absolute Gasteiger partial charge is 0.0779 e. The third kappa shape index (κ3) is 5.35. The second-order valence-electron chi connectivity index (χ2n) is 4.17. The summed E-state index contributed by atoms with van der Waals surface area (Å²) in [5.74, 6) is 0.596. The standard InChI is InChI=1S/C9H12.C7H8/c1-8-4-3-5-9(2)7-6-8;1-7-5-3-2-4-6-7/h3-8H,1-2H3;2-6H,1H3. The fraction of sp³-hybridized carbons (Fsp3) is 0.250. The lowest BCUT2D eigenvalue weighted by molar-refractivity contribution is 0.942. The Bertz CT molecular complexity index is 380. The van der Waals surface area contributed by atoms with Crippen LogP contribution in [0.25, 0.3) is 0 Å². The Kier molecular flexibility index (Phi) is 5.35. The molecule has 1 aliphatic rings. The summed E-state index contributed by atoms with van der Waals surface area (Å²) in [6.07, 6.45) is 10.8. The molecule has 84 valence electrons. The van der Waals surface area contributed by atoms with Crippen LogP contribution in [0.3, 0.4) is 0 Å². The molecular weight excluding hydrogens is 192 g/mol. The van der Waals surface area contributed by atoms with Crippen LogP contribution in [0.4, 0.5) is 0 Å². The minimum atomic E-state index is 0.596. The van der Waals surface area contributed by atoms with E-state index in [9.17, 15) is 0 Å². The fourth-order valence-electron chi connectivity index (χ4n) is 1.34. The topological polar surface area (TPSA) is 0 Å². The van der Waals surface area contributed by atoms with Crippen molar-refractivity contribution in [1.29, 1.82) is 0 Å². The van der Waals surface area contributed by atoms with Crippen molar-refractivity contribution in [3.05, 3.63) is 71.8 Å². The zero-order chi connectivity index (χ0) is 11.8. The minimum absolute atomic E-state index is 0.596. The minimum Gasteiger partial charge on any atom is -0.0779 e. The third-order valence-electron chi connectivity index (χ3n) is 2.38. The van der Waals surface area contributed by atoms with E-state index in [-0.39, 0.29) is 0 Å². The van der Waals surface area contributed by atoms with E-state index < -0.39 is 0 Å². The molecule has 0 saturated heterocycles. The molecule has 1 aromatic carbocycles. The summed E-state index contributed by atoms with van der Waals surface area (Å²) in [6, 6.07) is 10.3. The SMILES string of the molecule is CC1=CC=CC(C)C=C1.Cc1ccccc1. The van der Waals surface area contributed by atoms with Crippen molar-refractivity contribution >= 4 is 0 Å². The zero-order valence-corrected chi connectivity index (χ0v) is 10.4. The maximum absolute atomic E-state index is 2.20. The van der Waals surface area contributed by atoms with Crippen LogP contribution < -0.4 is 0 Å². The van der Waals surface area contributed by atoms with E-state index in [2.05, 4.69) is 63.3 Å². The second-order valence-corrected chi connectivity index (χ2v) is 4.17. The van der Waals surface area contributed by atoms with Gasteiger partial charge in [0.2, 0.25) is 0 Å². The lowest BCUT2D eigenvalue weighted by Gasteiger charge is -1.91. The van der Waals surface area contributed by atoms with Crippen molar-refractivity contribution in [3.8, 4) is 0 Å². The Morgan fingerprint density at radius 2 is 1.62 bits per heavy atom. The molecule has 1 aromatic rings. The first-order valence-corrected chi connectivity index (χ1v) is 5.73. The molecule has 0 heterocycles. The van der Waals surface area contributed by atoms with Gasteiger partial charge in [0.1, 0.15) is 0 Å². The predicted octanol–water partition coefficient (Wildman–Crippen LogP) is 4.69. The molecule has 0 aliphatic heterocycles. The number of allylic oxidation sites excluding steroid dienone is 6. The first kappa shape index (κ1) is 12.5. The van der Waals surface area contributed by atoms with Crippen molar-refractivity contribution < 1.29 is 0 Å². The average Bonchev–Trinajstić information content (AvgIpc) is 2.46. The summed E-state index contributed by atoms with van der Waals surface area (Å²) in [5.41, 5.74) is 2.65. The maximum atomic E-state index is 2.20. The van der Waals surface area contributed by atoms with Gasteiger partial charge in [0.25, 0.3) is 0 Å². The van der Waals surface area contributed by atoms with Gasteiger partial charge in [-0.3, -0.25) is 0 Å². The van der Waals surface area contributed by atoms with Gasteiger partial charge in [-0.1, -0.05) is 78.8 Å². The fourth-order valence-corrected chi connectivity index (χ4v) is 1.34. The van der Waals surface area contributed by atoms with E-state index in [1.165, 1.54) is 11.1 Å².